The molecule has 2 atom stereocenters. The molecule has 2 heterocycles. The van der Waals surface area contributed by atoms with E-state index in [1.54, 1.807) is 0 Å². The molecule has 1 aliphatic carbocycles. The number of thiophene rings is 1. The molecular weight excluding hydrogens is 222 g/mol. The summed E-state index contributed by atoms with van der Waals surface area (Å²) < 4.78 is 5.05. The van der Waals surface area contributed by atoms with Crippen LogP contribution in [0.5, 0.6) is 0 Å². The normalized spacial score (nSPS) is 26.7. The Bertz CT molecular complexity index is 415. The Kier molecular flexibility index (Phi) is 2.39. The molecule has 1 amide bonds. The molecule has 1 fully saturated rings. The van der Waals surface area contributed by atoms with E-state index in [-0.39, 0.29) is 6.09 Å². The van der Waals surface area contributed by atoms with Crippen molar-refractivity contribution in [2.75, 3.05) is 19.7 Å². The van der Waals surface area contributed by atoms with Crippen LogP contribution in [0.4, 0.5) is 4.79 Å². The molecule has 16 heavy (non-hydrogen) atoms. The van der Waals surface area contributed by atoms with E-state index in [9.17, 15) is 4.79 Å². The summed E-state index contributed by atoms with van der Waals surface area (Å²) in [4.78, 5) is 15.0. The fourth-order valence-corrected chi connectivity index (χ4v) is 3.99. The molecular formula is C12H15NO2S. The molecule has 0 radical (unpaired) electrons. The third-order valence-corrected chi connectivity index (χ3v) is 4.66. The number of amides is 1. The molecule has 0 saturated carbocycles. The molecule has 0 aromatic carbocycles. The quantitative estimate of drug-likeness (QED) is 0.751. The Balaban J connectivity index is 1.74. The van der Waals surface area contributed by atoms with Crippen molar-refractivity contribution in [3.05, 3.63) is 21.9 Å². The molecule has 1 aliphatic heterocycles. The van der Waals surface area contributed by atoms with E-state index in [0.29, 0.717) is 18.4 Å². The van der Waals surface area contributed by atoms with Crippen molar-refractivity contribution < 1.29 is 9.53 Å². The van der Waals surface area contributed by atoms with E-state index in [1.165, 1.54) is 10.4 Å². The predicted octanol–water partition coefficient (Wildman–Crippen LogP) is 2.48. The van der Waals surface area contributed by atoms with Crippen LogP contribution in [-0.4, -0.2) is 30.7 Å². The van der Waals surface area contributed by atoms with Gasteiger partial charge < -0.3 is 9.64 Å². The largest absolute Gasteiger partial charge is 0.450 e. The summed E-state index contributed by atoms with van der Waals surface area (Å²) in [5.74, 6) is 1.20. The number of carbonyl (C=O) groups is 1. The average Bonchev–Trinajstić information content (AvgIpc) is 2.87. The Morgan fingerprint density at radius 1 is 1.62 bits per heavy atom. The van der Waals surface area contributed by atoms with Crippen molar-refractivity contribution in [1.29, 1.82) is 0 Å². The molecule has 86 valence electrons. The second-order valence-electron chi connectivity index (χ2n) is 4.48. The minimum atomic E-state index is -0.144. The molecule has 1 aromatic rings. The highest BCUT2D eigenvalue weighted by Gasteiger charge is 2.42. The van der Waals surface area contributed by atoms with Crippen molar-refractivity contribution in [2.24, 2.45) is 5.92 Å². The highest BCUT2D eigenvalue weighted by molar-refractivity contribution is 7.10. The summed E-state index contributed by atoms with van der Waals surface area (Å²) >= 11 is 1.84. The van der Waals surface area contributed by atoms with Crippen molar-refractivity contribution in [2.45, 2.75) is 19.3 Å². The number of rotatable bonds is 1. The second kappa shape index (κ2) is 3.77. The van der Waals surface area contributed by atoms with Gasteiger partial charge in [-0.3, -0.25) is 0 Å². The SMILES string of the molecule is CCOC(=O)N1CC2Cc3ccsc3C2C1. The first-order valence-electron chi connectivity index (χ1n) is 5.77. The Morgan fingerprint density at radius 3 is 3.31 bits per heavy atom. The van der Waals surface area contributed by atoms with Gasteiger partial charge in [0.05, 0.1) is 6.61 Å². The van der Waals surface area contributed by atoms with Crippen LogP contribution in [0, 0.1) is 5.92 Å². The Hall–Kier alpha value is -1.03. The van der Waals surface area contributed by atoms with Crippen LogP contribution in [0.2, 0.25) is 0 Å². The fourth-order valence-electron chi connectivity index (χ4n) is 2.86. The minimum Gasteiger partial charge on any atom is -0.450 e. The average molecular weight is 237 g/mol. The van der Waals surface area contributed by atoms with Crippen LogP contribution in [0.1, 0.15) is 23.3 Å². The zero-order chi connectivity index (χ0) is 11.1. The molecule has 2 aliphatic rings. The number of nitrogens with zero attached hydrogens (tertiary/aromatic N) is 1. The highest BCUT2D eigenvalue weighted by Crippen LogP contribution is 2.45. The van der Waals surface area contributed by atoms with Crippen molar-refractivity contribution in [3.8, 4) is 0 Å². The number of hydrogen-bond donors (Lipinski definition) is 0. The van der Waals surface area contributed by atoms with E-state index in [4.69, 9.17) is 4.74 Å². The van der Waals surface area contributed by atoms with E-state index >= 15 is 0 Å². The van der Waals surface area contributed by atoms with Gasteiger partial charge in [0.25, 0.3) is 0 Å². The monoisotopic (exact) mass is 237 g/mol. The van der Waals surface area contributed by atoms with E-state index in [0.717, 1.165) is 19.5 Å². The lowest BCUT2D eigenvalue weighted by Gasteiger charge is -2.16. The molecule has 4 heteroatoms. The van der Waals surface area contributed by atoms with Crippen LogP contribution >= 0.6 is 11.3 Å². The second-order valence-corrected chi connectivity index (χ2v) is 5.43. The number of likely N-dealkylation sites (tertiary alicyclic amines) is 1. The topological polar surface area (TPSA) is 29.5 Å². The van der Waals surface area contributed by atoms with Gasteiger partial charge in [0.1, 0.15) is 0 Å². The molecule has 2 unspecified atom stereocenters. The van der Waals surface area contributed by atoms with Gasteiger partial charge in [0, 0.05) is 23.9 Å². The lowest BCUT2D eigenvalue weighted by molar-refractivity contribution is 0.114. The number of ether oxygens (including phenoxy) is 1. The lowest BCUT2D eigenvalue weighted by atomic mass is 10.0. The standard InChI is InChI=1S/C12H15NO2S/c1-2-15-12(14)13-6-9-5-8-3-4-16-11(8)10(9)7-13/h3-4,9-10H,2,5-7H2,1H3. The summed E-state index contributed by atoms with van der Waals surface area (Å²) in [6.45, 7) is 4.03. The molecule has 3 nitrogen and oxygen atoms in total. The summed E-state index contributed by atoms with van der Waals surface area (Å²) in [6.07, 6.45) is 0.995. The lowest BCUT2D eigenvalue weighted by Crippen LogP contribution is -2.30. The van der Waals surface area contributed by atoms with Crippen LogP contribution in [0.15, 0.2) is 11.4 Å². The van der Waals surface area contributed by atoms with Crippen LogP contribution in [0.25, 0.3) is 0 Å². The summed E-state index contributed by atoms with van der Waals surface area (Å²) in [5.41, 5.74) is 1.50. The fraction of sp³-hybridized carbons (Fsp3) is 0.583. The molecule has 1 saturated heterocycles. The summed E-state index contributed by atoms with van der Waals surface area (Å²) in [7, 11) is 0. The van der Waals surface area contributed by atoms with Gasteiger partial charge in [-0.2, -0.15) is 0 Å². The molecule has 1 aromatic heterocycles. The van der Waals surface area contributed by atoms with E-state index in [2.05, 4.69) is 11.4 Å². The maximum Gasteiger partial charge on any atom is 0.409 e. The molecule has 0 bridgehead atoms. The molecule has 3 rings (SSSR count). The number of fused-ring (bicyclic) bond motifs is 3. The zero-order valence-electron chi connectivity index (χ0n) is 9.31. The maximum atomic E-state index is 11.6. The first-order valence-corrected chi connectivity index (χ1v) is 6.65. The Labute approximate surface area is 99.0 Å². The molecule has 0 spiro atoms. The molecule has 0 N–H and O–H groups in total. The Morgan fingerprint density at radius 2 is 2.50 bits per heavy atom. The van der Waals surface area contributed by atoms with E-state index < -0.39 is 0 Å². The van der Waals surface area contributed by atoms with Crippen LogP contribution < -0.4 is 0 Å². The maximum absolute atomic E-state index is 11.6. The van der Waals surface area contributed by atoms with E-state index in [1.807, 2.05) is 23.2 Å². The van der Waals surface area contributed by atoms with Gasteiger partial charge in [-0.05, 0) is 36.3 Å². The van der Waals surface area contributed by atoms with Gasteiger partial charge >= 0.3 is 6.09 Å². The van der Waals surface area contributed by atoms with Crippen LogP contribution in [-0.2, 0) is 11.2 Å². The van der Waals surface area contributed by atoms with Gasteiger partial charge in [0.15, 0.2) is 0 Å². The van der Waals surface area contributed by atoms with Crippen molar-refractivity contribution >= 4 is 17.4 Å². The summed E-state index contributed by atoms with van der Waals surface area (Å²) in [5, 5.41) is 2.16. The minimum absolute atomic E-state index is 0.144. The van der Waals surface area contributed by atoms with Gasteiger partial charge in [-0.15, -0.1) is 11.3 Å². The smallest absolute Gasteiger partial charge is 0.409 e. The first kappa shape index (κ1) is 10.1. The summed E-state index contributed by atoms with van der Waals surface area (Å²) in [6, 6.07) is 2.23. The van der Waals surface area contributed by atoms with Crippen molar-refractivity contribution in [3.63, 3.8) is 0 Å². The highest BCUT2D eigenvalue weighted by atomic mass is 32.1. The van der Waals surface area contributed by atoms with Gasteiger partial charge in [-0.1, -0.05) is 0 Å². The van der Waals surface area contributed by atoms with Gasteiger partial charge in [0.2, 0.25) is 0 Å². The first-order chi connectivity index (χ1) is 7.79. The zero-order valence-corrected chi connectivity index (χ0v) is 10.1. The third kappa shape index (κ3) is 1.44. The van der Waals surface area contributed by atoms with Crippen LogP contribution in [0.3, 0.4) is 0 Å². The van der Waals surface area contributed by atoms with Crippen molar-refractivity contribution in [1.82, 2.24) is 4.90 Å². The van der Waals surface area contributed by atoms with Gasteiger partial charge in [-0.25, -0.2) is 4.79 Å². The number of carbonyl (C=O) groups excluding carboxylic acids is 1. The predicted molar refractivity (Wildman–Crippen MR) is 62.8 cm³/mol. The number of hydrogen-bond acceptors (Lipinski definition) is 3. The third-order valence-electron chi connectivity index (χ3n) is 3.57.